The van der Waals surface area contributed by atoms with E-state index in [2.05, 4.69) is 187 Å². The highest BCUT2D eigenvalue weighted by Gasteiger charge is 2.21. The lowest BCUT2D eigenvalue weighted by Crippen LogP contribution is -2.00. The average Bonchev–Trinajstić information content (AvgIpc) is 3.76. The molecule has 0 fully saturated rings. The minimum atomic E-state index is 0.624. The second kappa shape index (κ2) is 15.5. The third kappa shape index (κ3) is 6.84. The van der Waals surface area contributed by atoms with Crippen molar-refractivity contribution in [2.24, 2.45) is 0 Å². The van der Waals surface area contributed by atoms with Crippen LogP contribution in [0, 0.1) is 0 Å². The first-order chi connectivity index (χ1) is 30.2. The molecule has 9 aromatic carbocycles. The summed E-state index contributed by atoms with van der Waals surface area (Å²) in [6.07, 6.45) is 0. The maximum absolute atomic E-state index is 5.39. The van der Waals surface area contributed by atoms with E-state index in [9.17, 15) is 0 Å². The molecule has 0 saturated heterocycles. The first-order valence-electron chi connectivity index (χ1n) is 20.5. The first-order valence-corrected chi connectivity index (χ1v) is 20.5. The standard InChI is InChI=1S/C56H37N5/c1-5-16-38(17-6-1)45-23-15-24-47(36-45)56-58-54(43-20-9-3-10-21-43)57-55(59-56)44-34-30-40(31-35-44)39-28-32-42(33-29-39)52-51-50(41-18-7-2-8-19-41)37-46-22-13-14-27-49(46)53(51)61(60-52)48-25-11-4-12-26-48/h1-37H. The number of fused-ring (bicyclic) bond motifs is 3. The number of hydrogen-bond donors (Lipinski definition) is 0. The summed E-state index contributed by atoms with van der Waals surface area (Å²) in [6.45, 7) is 0. The number of hydrogen-bond acceptors (Lipinski definition) is 4. The second-order valence-electron chi connectivity index (χ2n) is 15.1. The van der Waals surface area contributed by atoms with Gasteiger partial charge in [-0.2, -0.15) is 5.10 Å². The van der Waals surface area contributed by atoms with Gasteiger partial charge in [-0.1, -0.05) is 200 Å². The van der Waals surface area contributed by atoms with Crippen molar-refractivity contribution in [1.29, 1.82) is 0 Å². The van der Waals surface area contributed by atoms with Gasteiger partial charge in [0, 0.05) is 33.0 Å². The summed E-state index contributed by atoms with van der Waals surface area (Å²) in [4.78, 5) is 15.0. The quantitative estimate of drug-likeness (QED) is 0.154. The van der Waals surface area contributed by atoms with Gasteiger partial charge in [0.2, 0.25) is 0 Å². The molecule has 0 spiro atoms. The predicted octanol–water partition coefficient (Wildman–Crippen LogP) is 14.0. The minimum absolute atomic E-state index is 0.624. The van der Waals surface area contributed by atoms with Crippen LogP contribution < -0.4 is 0 Å². The smallest absolute Gasteiger partial charge is 0.164 e. The molecule has 0 saturated carbocycles. The summed E-state index contributed by atoms with van der Waals surface area (Å²) >= 11 is 0. The van der Waals surface area contributed by atoms with Gasteiger partial charge in [-0.15, -0.1) is 0 Å². The normalized spacial score (nSPS) is 11.3. The zero-order valence-corrected chi connectivity index (χ0v) is 33.1. The fourth-order valence-corrected chi connectivity index (χ4v) is 8.24. The second-order valence-corrected chi connectivity index (χ2v) is 15.1. The third-order valence-electron chi connectivity index (χ3n) is 11.3. The van der Waals surface area contributed by atoms with Gasteiger partial charge in [0.1, 0.15) is 5.69 Å². The van der Waals surface area contributed by atoms with E-state index < -0.39 is 0 Å². The molecule has 11 rings (SSSR count). The molecule has 0 unspecified atom stereocenters. The van der Waals surface area contributed by atoms with E-state index in [-0.39, 0.29) is 0 Å². The van der Waals surface area contributed by atoms with Crippen molar-refractivity contribution in [1.82, 2.24) is 24.7 Å². The molecular weight excluding hydrogens is 743 g/mol. The summed E-state index contributed by atoms with van der Waals surface area (Å²) in [6, 6.07) is 78.1. The molecule has 0 bridgehead atoms. The lowest BCUT2D eigenvalue weighted by Gasteiger charge is -2.11. The maximum Gasteiger partial charge on any atom is 0.164 e. The Hall–Kier alpha value is -8.28. The molecule has 0 atom stereocenters. The summed E-state index contributed by atoms with van der Waals surface area (Å²) in [7, 11) is 0. The summed E-state index contributed by atoms with van der Waals surface area (Å²) < 4.78 is 2.11. The number of aromatic nitrogens is 5. The zero-order chi connectivity index (χ0) is 40.5. The predicted molar refractivity (Wildman–Crippen MR) is 250 cm³/mol. The van der Waals surface area contributed by atoms with Crippen LogP contribution in [0.15, 0.2) is 224 Å². The van der Waals surface area contributed by atoms with Crippen molar-refractivity contribution in [3.05, 3.63) is 224 Å². The van der Waals surface area contributed by atoms with Crippen LogP contribution in [-0.4, -0.2) is 24.7 Å². The number of rotatable bonds is 8. The van der Waals surface area contributed by atoms with Crippen molar-refractivity contribution < 1.29 is 0 Å². The van der Waals surface area contributed by atoms with Crippen LogP contribution in [0.1, 0.15) is 0 Å². The maximum atomic E-state index is 5.39. The van der Waals surface area contributed by atoms with E-state index in [0.29, 0.717) is 17.5 Å². The molecule has 2 aromatic heterocycles. The molecule has 0 aliphatic rings. The van der Waals surface area contributed by atoms with Crippen molar-refractivity contribution >= 4 is 21.7 Å². The Morgan fingerprint density at radius 1 is 0.311 bits per heavy atom. The van der Waals surface area contributed by atoms with Crippen molar-refractivity contribution in [3.63, 3.8) is 0 Å². The van der Waals surface area contributed by atoms with E-state index in [4.69, 9.17) is 20.1 Å². The zero-order valence-electron chi connectivity index (χ0n) is 33.1. The highest BCUT2D eigenvalue weighted by molar-refractivity contribution is 6.17. The highest BCUT2D eigenvalue weighted by atomic mass is 15.3. The van der Waals surface area contributed by atoms with Gasteiger partial charge in [-0.25, -0.2) is 19.6 Å². The van der Waals surface area contributed by atoms with E-state index in [1.807, 2.05) is 42.5 Å². The average molecular weight is 780 g/mol. The monoisotopic (exact) mass is 779 g/mol. The van der Waals surface area contributed by atoms with Crippen molar-refractivity contribution in [2.75, 3.05) is 0 Å². The lowest BCUT2D eigenvalue weighted by molar-refractivity contribution is 0.918. The van der Waals surface area contributed by atoms with Crippen LogP contribution in [0.25, 0.3) is 106 Å². The molecule has 2 heterocycles. The van der Waals surface area contributed by atoms with E-state index >= 15 is 0 Å². The fourth-order valence-electron chi connectivity index (χ4n) is 8.24. The Labute approximate surface area is 354 Å². The van der Waals surface area contributed by atoms with Gasteiger partial charge in [0.15, 0.2) is 17.5 Å². The number of nitrogens with zero attached hydrogens (tertiary/aromatic N) is 5. The van der Waals surface area contributed by atoms with Crippen molar-refractivity contribution in [2.45, 2.75) is 0 Å². The van der Waals surface area contributed by atoms with E-state index in [1.165, 1.54) is 10.8 Å². The minimum Gasteiger partial charge on any atom is -0.232 e. The Morgan fingerprint density at radius 2 is 0.754 bits per heavy atom. The summed E-state index contributed by atoms with van der Waals surface area (Å²) in [5.74, 6) is 1.89. The SMILES string of the molecule is c1ccc(-c2cccc(-c3nc(-c4ccccc4)nc(-c4ccc(-c5ccc(-c6nn(-c7ccccc7)c7c6c(-c6ccccc6)cc6ccccc67)cc5)cc4)n3)c2)cc1. The largest absolute Gasteiger partial charge is 0.232 e. The Balaban J connectivity index is 0.976. The van der Waals surface area contributed by atoms with Gasteiger partial charge in [-0.05, 0) is 63.0 Å². The fraction of sp³-hybridized carbons (Fsp3) is 0. The first kappa shape index (κ1) is 35.8. The lowest BCUT2D eigenvalue weighted by atomic mass is 9.93. The van der Waals surface area contributed by atoms with Gasteiger partial charge in [0.25, 0.3) is 0 Å². The summed E-state index contributed by atoms with van der Waals surface area (Å²) in [5.41, 5.74) is 13.7. The number of para-hydroxylation sites is 1. The van der Waals surface area contributed by atoms with Crippen LogP contribution in [0.5, 0.6) is 0 Å². The molecule has 0 N–H and O–H groups in total. The molecule has 286 valence electrons. The van der Waals surface area contributed by atoms with Crippen LogP contribution >= 0.6 is 0 Å². The Bertz CT molecular complexity index is 3310. The van der Waals surface area contributed by atoms with Crippen LogP contribution in [0.4, 0.5) is 0 Å². The molecule has 11 aromatic rings. The van der Waals surface area contributed by atoms with E-state index in [1.54, 1.807) is 0 Å². The summed E-state index contributed by atoms with van der Waals surface area (Å²) in [5, 5.41) is 8.86. The third-order valence-corrected chi connectivity index (χ3v) is 11.3. The van der Waals surface area contributed by atoms with Gasteiger partial charge in [0.05, 0.1) is 11.2 Å². The van der Waals surface area contributed by atoms with Crippen LogP contribution in [-0.2, 0) is 0 Å². The topological polar surface area (TPSA) is 56.5 Å². The van der Waals surface area contributed by atoms with Gasteiger partial charge >= 0.3 is 0 Å². The van der Waals surface area contributed by atoms with Gasteiger partial charge in [-0.3, -0.25) is 0 Å². The van der Waals surface area contributed by atoms with Crippen LogP contribution in [0.2, 0.25) is 0 Å². The Kier molecular flexibility index (Phi) is 9.10. The Morgan fingerprint density at radius 3 is 1.39 bits per heavy atom. The molecule has 0 amide bonds. The van der Waals surface area contributed by atoms with E-state index in [0.717, 1.165) is 77.9 Å². The van der Waals surface area contributed by atoms with Crippen LogP contribution in [0.3, 0.4) is 0 Å². The number of benzene rings is 9. The molecular formula is C56H37N5. The molecule has 0 radical (unpaired) electrons. The molecule has 5 heteroatoms. The molecule has 5 nitrogen and oxygen atoms in total. The molecule has 61 heavy (non-hydrogen) atoms. The van der Waals surface area contributed by atoms with Crippen molar-refractivity contribution in [3.8, 4) is 84.5 Å². The highest BCUT2D eigenvalue weighted by Crippen LogP contribution is 2.42. The molecule has 0 aliphatic heterocycles. The molecule has 0 aliphatic carbocycles. The van der Waals surface area contributed by atoms with Gasteiger partial charge < -0.3 is 0 Å².